The zero-order chi connectivity index (χ0) is 14.8. The molecule has 1 aliphatic rings. The number of hydrogen-bond acceptors (Lipinski definition) is 6. The van der Waals surface area contributed by atoms with E-state index in [1.165, 1.54) is 24.2 Å². The van der Waals surface area contributed by atoms with E-state index in [0.717, 1.165) is 0 Å². The van der Waals surface area contributed by atoms with Gasteiger partial charge in [0.25, 0.3) is 5.91 Å². The first kappa shape index (κ1) is 14.1. The standard InChI is InChI=1S/C14H17N5OS/c1-8-11(13(20)18-7-10(15)9-3-4-9)21-14(19-8)12-16-5-2-6-17-12/h2,5-6,9-10H,3-4,7,15H2,1H3,(H,18,20). The summed E-state index contributed by atoms with van der Waals surface area (Å²) in [5.74, 6) is 0.990. The topological polar surface area (TPSA) is 93.8 Å². The molecule has 21 heavy (non-hydrogen) atoms. The van der Waals surface area contributed by atoms with Gasteiger partial charge in [-0.25, -0.2) is 15.0 Å². The first-order valence-electron chi connectivity index (χ1n) is 6.93. The van der Waals surface area contributed by atoms with Crippen LogP contribution in [0.5, 0.6) is 0 Å². The van der Waals surface area contributed by atoms with Crippen molar-refractivity contribution >= 4 is 17.2 Å². The van der Waals surface area contributed by atoms with Gasteiger partial charge in [0.1, 0.15) is 4.88 Å². The molecule has 1 atom stereocenters. The van der Waals surface area contributed by atoms with Crippen LogP contribution in [0.4, 0.5) is 0 Å². The fourth-order valence-corrected chi connectivity index (χ4v) is 3.02. The van der Waals surface area contributed by atoms with E-state index in [1.54, 1.807) is 18.5 Å². The van der Waals surface area contributed by atoms with Crippen molar-refractivity contribution in [2.75, 3.05) is 6.54 Å². The van der Waals surface area contributed by atoms with Crippen LogP contribution in [-0.2, 0) is 0 Å². The van der Waals surface area contributed by atoms with Gasteiger partial charge in [0.2, 0.25) is 0 Å². The van der Waals surface area contributed by atoms with Crippen LogP contribution < -0.4 is 11.1 Å². The maximum atomic E-state index is 12.2. The molecule has 0 spiro atoms. The Labute approximate surface area is 126 Å². The lowest BCUT2D eigenvalue weighted by Gasteiger charge is -2.10. The summed E-state index contributed by atoms with van der Waals surface area (Å²) in [7, 11) is 0. The Kier molecular flexibility index (Phi) is 3.94. The predicted molar refractivity (Wildman–Crippen MR) is 80.9 cm³/mol. The van der Waals surface area contributed by atoms with Crippen molar-refractivity contribution in [3.05, 3.63) is 29.0 Å². The molecule has 0 aliphatic heterocycles. The van der Waals surface area contributed by atoms with E-state index in [2.05, 4.69) is 20.3 Å². The Morgan fingerprint density at radius 3 is 2.86 bits per heavy atom. The van der Waals surface area contributed by atoms with Crippen molar-refractivity contribution in [2.24, 2.45) is 11.7 Å². The summed E-state index contributed by atoms with van der Waals surface area (Å²) >= 11 is 1.31. The number of hydrogen-bond donors (Lipinski definition) is 2. The van der Waals surface area contributed by atoms with Crippen LogP contribution in [0.25, 0.3) is 10.8 Å². The highest BCUT2D eigenvalue weighted by molar-refractivity contribution is 7.17. The third kappa shape index (κ3) is 3.25. The molecule has 1 unspecified atom stereocenters. The summed E-state index contributed by atoms with van der Waals surface area (Å²) < 4.78 is 0. The highest BCUT2D eigenvalue weighted by Gasteiger charge is 2.29. The fraction of sp³-hybridized carbons (Fsp3) is 0.429. The molecule has 6 nitrogen and oxygen atoms in total. The normalized spacial score (nSPS) is 15.7. The lowest BCUT2D eigenvalue weighted by Crippen LogP contribution is -2.38. The third-order valence-electron chi connectivity index (χ3n) is 3.49. The predicted octanol–water partition coefficient (Wildman–Crippen LogP) is 1.38. The van der Waals surface area contributed by atoms with Gasteiger partial charge in [-0.2, -0.15) is 0 Å². The van der Waals surface area contributed by atoms with E-state index in [1.807, 2.05) is 6.92 Å². The number of rotatable bonds is 5. The number of aromatic nitrogens is 3. The average Bonchev–Trinajstić information content (AvgIpc) is 3.28. The zero-order valence-electron chi connectivity index (χ0n) is 11.7. The van der Waals surface area contributed by atoms with E-state index in [4.69, 9.17) is 5.73 Å². The van der Waals surface area contributed by atoms with Gasteiger partial charge < -0.3 is 11.1 Å². The largest absolute Gasteiger partial charge is 0.350 e. The van der Waals surface area contributed by atoms with Gasteiger partial charge in [0.15, 0.2) is 10.8 Å². The number of amides is 1. The summed E-state index contributed by atoms with van der Waals surface area (Å²) in [4.78, 5) is 25.5. The monoisotopic (exact) mass is 303 g/mol. The third-order valence-corrected chi connectivity index (χ3v) is 4.64. The number of nitrogens with one attached hydrogen (secondary N) is 1. The minimum Gasteiger partial charge on any atom is -0.350 e. The molecule has 3 N–H and O–H groups in total. The summed E-state index contributed by atoms with van der Waals surface area (Å²) in [5.41, 5.74) is 6.69. The molecule has 3 rings (SSSR count). The number of thiazole rings is 1. The maximum absolute atomic E-state index is 12.2. The molecule has 1 amide bonds. The lowest BCUT2D eigenvalue weighted by atomic mass is 10.2. The second-order valence-electron chi connectivity index (χ2n) is 5.22. The lowest BCUT2D eigenvalue weighted by molar-refractivity contribution is 0.0953. The molecule has 2 heterocycles. The summed E-state index contributed by atoms with van der Waals surface area (Å²) in [6, 6.07) is 1.80. The smallest absolute Gasteiger partial charge is 0.263 e. The van der Waals surface area contributed by atoms with Gasteiger partial charge in [-0.05, 0) is 31.7 Å². The number of nitrogens with two attached hydrogens (primary N) is 1. The molecule has 7 heteroatoms. The van der Waals surface area contributed by atoms with Crippen molar-refractivity contribution in [2.45, 2.75) is 25.8 Å². The minimum atomic E-state index is -0.122. The SMILES string of the molecule is Cc1nc(-c2ncccn2)sc1C(=O)NCC(N)C1CC1. The molecule has 2 aromatic rings. The maximum Gasteiger partial charge on any atom is 0.263 e. The zero-order valence-corrected chi connectivity index (χ0v) is 12.6. The molecule has 0 radical (unpaired) electrons. The van der Waals surface area contributed by atoms with Gasteiger partial charge in [0, 0.05) is 25.0 Å². The molecule has 1 fully saturated rings. The molecular formula is C14H17N5OS. The van der Waals surface area contributed by atoms with Crippen LogP contribution in [0.2, 0.25) is 0 Å². The fourth-order valence-electron chi connectivity index (χ4n) is 2.09. The number of aryl methyl sites for hydroxylation is 1. The average molecular weight is 303 g/mol. The van der Waals surface area contributed by atoms with Crippen molar-refractivity contribution in [3.8, 4) is 10.8 Å². The summed E-state index contributed by atoms with van der Waals surface area (Å²) in [5, 5.41) is 3.55. The van der Waals surface area contributed by atoms with Gasteiger partial charge in [-0.15, -0.1) is 11.3 Å². The van der Waals surface area contributed by atoms with Gasteiger partial charge >= 0.3 is 0 Å². The van der Waals surface area contributed by atoms with Crippen LogP contribution in [0, 0.1) is 12.8 Å². The molecule has 0 aromatic carbocycles. The van der Waals surface area contributed by atoms with Crippen molar-refractivity contribution < 1.29 is 4.79 Å². The van der Waals surface area contributed by atoms with Crippen LogP contribution >= 0.6 is 11.3 Å². The Morgan fingerprint density at radius 1 is 1.48 bits per heavy atom. The first-order valence-corrected chi connectivity index (χ1v) is 7.75. The van der Waals surface area contributed by atoms with E-state index in [0.29, 0.717) is 33.9 Å². The summed E-state index contributed by atoms with van der Waals surface area (Å²) in [6.07, 6.45) is 5.67. The summed E-state index contributed by atoms with van der Waals surface area (Å²) in [6.45, 7) is 2.33. The molecule has 1 saturated carbocycles. The second kappa shape index (κ2) is 5.87. The molecule has 0 saturated heterocycles. The van der Waals surface area contributed by atoms with Gasteiger partial charge in [-0.3, -0.25) is 4.79 Å². The Morgan fingerprint density at radius 2 is 2.19 bits per heavy atom. The Hall–Kier alpha value is -1.86. The number of nitrogens with zero attached hydrogens (tertiary/aromatic N) is 3. The molecule has 2 aromatic heterocycles. The van der Waals surface area contributed by atoms with E-state index in [-0.39, 0.29) is 11.9 Å². The van der Waals surface area contributed by atoms with Crippen LogP contribution in [0.15, 0.2) is 18.5 Å². The van der Waals surface area contributed by atoms with Crippen molar-refractivity contribution in [3.63, 3.8) is 0 Å². The van der Waals surface area contributed by atoms with E-state index in [9.17, 15) is 4.79 Å². The minimum absolute atomic E-state index is 0.0547. The Balaban J connectivity index is 1.70. The molecule has 1 aliphatic carbocycles. The molecular weight excluding hydrogens is 286 g/mol. The van der Waals surface area contributed by atoms with Crippen molar-refractivity contribution in [1.29, 1.82) is 0 Å². The van der Waals surface area contributed by atoms with Crippen molar-refractivity contribution in [1.82, 2.24) is 20.3 Å². The highest BCUT2D eigenvalue weighted by atomic mass is 32.1. The van der Waals surface area contributed by atoms with Crippen LogP contribution in [0.1, 0.15) is 28.2 Å². The second-order valence-corrected chi connectivity index (χ2v) is 6.22. The number of carbonyl (C=O) groups is 1. The highest BCUT2D eigenvalue weighted by Crippen LogP contribution is 2.31. The van der Waals surface area contributed by atoms with Crippen LogP contribution in [0.3, 0.4) is 0 Å². The quantitative estimate of drug-likeness (QED) is 0.870. The van der Waals surface area contributed by atoms with E-state index >= 15 is 0 Å². The van der Waals surface area contributed by atoms with Gasteiger partial charge in [-0.1, -0.05) is 0 Å². The Bertz CT molecular complexity index is 638. The van der Waals surface area contributed by atoms with Crippen LogP contribution in [-0.4, -0.2) is 33.4 Å². The van der Waals surface area contributed by atoms with E-state index < -0.39 is 0 Å². The molecule has 110 valence electrons. The number of carbonyl (C=O) groups excluding carboxylic acids is 1. The first-order chi connectivity index (χ1) is 10.1. The van der Waals surface area contributed by atoms with Gasteiger partial charge in [0.05, 0.1) is 5.69 Å². The molecule has 0 bridgehead atoms.